The van der Waals surface area contributed by atoms with Gasteiger partial charge in [0, 0.05) is 5.69 Å². The molecule has 0 aliphatic heterocycles. The number of anilines is 2. The van der Waals surface area contributed by atoms with E-state index in [1.54, 1.807) is 48.5 Å². The normalized spacial score (nSPS) is 9.52. The third kappa shape index (κ3) is 4.21. The average molecular weight is 282 g/mol. The third-order valence-corrected chi connectivity index (χ3v) is 2.55. The quantitative estimate of drug-likeness (QED) is 0.844. The molecule has 0 unspecified atom stereocenters. The molecule has 0 bridgehead atoms. The molecule has 0 saturated heterocycles. The molecule has 0 spiro atoms. The summed E-state index contributed by atoms with van der Waals surface area (Å²) in [6.07, 6.45) is 0.502. The van der Waals surface area contributed by atoms with Crippen LogP contribution in [0.1, 0.15) is 0 Å². The Hall–Kier alpha value is -3.08. The van der Waals surface area contributed by atoms with E-state index in [1.807, 2.05) is 6.07 Å². The summed E-state index contributed by atoms with van der Waals surface area (Å²) >= 11 is 0. The Morgan fingerprint density at radius 1 is 0.952 bits per heavy atom. The molecule has 0 heterocycles. The number of hydrogen-bond acceptors (Lipinski definition) is 3. The zero-order chi connectivity index (χ0) is 15.1. The fourth-order valence-electron chi connectivity index (χ4n) is 1.61. The number of carbonyl (C=O) groups excluding carboxylic acids is 2. The average Bonchev–Trinajstić information content (AvgIpc) is 2.50. The fourth-order valence-corrected chi connectivity index (χ4v) is 1.61. The van der Waals surface area contributed by atoms with Gasteiger partial charge in [-0.3, -0.25) is 10.1 Å². The van der Waals surface area contributed by atoms with Gasteiger partial charge in [-0.25, -0.2) is 4.79 Å². The predicted molar refractivity (Wildman–Crippen MR) is 81.4 cm³/mol. The number of carbonyl (C=O) groups is 2. The molecule has 21 heavy (non-hydrogen) atoms. The Morgan fingerprint density at radius 3 is 2.33 bits per heavy atom. The highest BCUT2D eigenvalue weighted by molar-refractivity contribution is 6.00. The van der Waals surface area contributed by atoms with Crippen molar-refractivity contribution in [1.82, 2.24) is 0 Å². The van der Waals surface area contributed by atoms with Gasteiger partial charge in [0.05, 0.1) is 5.69 Å². The summed E-state index contributed by atoms with van der Waals surface area (Å²) in [7, 11) is 0. The topological polar surface area (TPSA) is 67.4 Å². The highest BCUT2D eigenvalue weighted by atomic mass is 16.6. The Labute approximate surface area is 122 Å². The second kappa shape index (κ2) is 6.91. The van der Waals surface area contributed by atoms with Gasteiger partial charge in [0.1, 0.15) is 0 Å². The van der Waals surface area contributed by atoms with Crippen LogP contribution in [0, 0.1) is 0 Å². The fraction of sp³-hybridized carbons (Fsp3) is 0. The molecule has 2 amide bonds. The summed E-state index contributed by atoms with van der Waals surface area (Å²) in [4.78, 5) is 23.1. The van der Waals surface area contributed by atoms with Crippen molar-refractivity contribution in [2.24, 2.45) is 0 Å². The zero-order valence-corrected chi connectivity index (χ0v) is 11.2. The second-order valence-electron chi connectivity index (χ2n) is 4.07. The second-order valence-corrected chi connectivity index (χ2v) is 4.07. The van der Waals surface area contributed by atoms with E-state index < -0.39 is 6.09 Å². The highest BCUT2D eigenvalue weighted by Crippen LogP contribution is 2.24. The van der Waals surface area contributed by atoms with Crippen LogP contribution in [-0.4, -0.2) is 12.0 Å². The minimum absolute atomic E-state index is 0.251. The molecule has 0 aromatic heterocycles. The van der Waals surface area contributed by atoms with Gasteiger partial charge in [0.15, 0.2) is 5.75 Å². The number of benzene rings is 2. The van der Waals surface area contributed by atoms with Gasteiger partial charge < -0.3 is 10.1 Å². The molecule has 5 heteroatoms. The van der Waals surface area contributed by atoms with E-state index >= 15 is 0 Å². The molecule has 0 radical (unpaired) electrons. The van der Waals surface area contributed by atoms with Crippen molar-refractivity contribution in [3.63, 3.8) is 0 Å². The number of para-hydroxylation sites is 3. The van der Waals surface area contributed by atoms with E-state index in [4.69, 9.17) is 4.74 Å². The van der Waals surface area contributed by atoms with Crippen LogP contribution in [-0.2, 0) is 4.79 Å². The molecule has 0 fully saturated rings. The summed E-state index contributed by atoms with van der Waals surface area (Å²) < 4.78 is 5.20. The van der Waals surface area contributed by atoms with Crippen molar-refractivity contribution >= 4 is 23.4 Å². The van der Waals surface area contributed by atoms with Crippen molar-refractivity contribution < 1.29 is 14.3 Å². The number of rotatable bonds is 4. The van der Waals surface area contributed by atoms with Gasteiger partial charge in [0.2, 0.25) is 5.91 Å². The minimum atomic E-state index is -0.637. The Bertz CT molecular complexity index is 654. The van der Waals surface area contributed by atoms with Gasteiger partial charge >= 0.3 is 6.09 Å². The molecule has 0 aliphatic rings. The molecule has 0 aliphatic carbocycles. The van der Waals surface area contributed by atoms with E-state index in [0.29, 0.717) is 11.4 Å². The first-order chi connectivity index (χ1) is 10.2. The van der Waals surface area contributed by atoms with Gasteiger partial charge in [-0.05, 0) is 30.3 Å². The third-order valence-electron chi connectivity index (χ3n) is 2.55. The molecule has 2 rings (SSSR count). The van der Waals surface area contributed by atoms with E-state index in [9.17, 15) is 9.59 Å². The van der Waals surface area contributed by atoms with Crippen LogP contribution >= 0.6 is 0 Å². The van der Waals surface area contributed by atoms with Gasteiger partial charge in [-0.1, -0.05) is 36.9 Å². The van der Waals surface area contributed by atoms with Gasteiger partial charge in [-0.15, -0.1) is 0 Å². The van der Waals surface area contributed by atoms with Crippen LogP contribution < -0.4 is 15.4 Å². The largest absolute Gasteiger partial charge is 0.417 e. The van der Waals surface area contributed by atoms with Crippen LogP contribution in [0.3, 0.4) is 0 Å². The monoisotopic (exact) mass is 282 g/mol. The molecule has 106 valence electrons. The van der Waals surface area contributed by atoms with Crippen molar-refractivity contribution in [2.45, 2.75) is 0 Å². The smallest absolute Gasteiger partial charge is 0.408 e. The lowest BCUT2D eigenvalue weighted by atomic mass is 10.3. The Morgan fingerprint density at radius 2 is 1.62 bits per heavy atom. The SMILES string of the molecule is C=CC(=O)Nc1ccccc1OC(=O)Nc1ccccc1. The summed E-state index contributed by atoms with van der Waals surface area (Å²) in [5, 5.41) is 5.16. The minimum Gasteiger partial charge on any atom is -0.408 e. The number of hydrogen-bond donors (Lipinski definition) is 2. The van der Waals surface area contributed by atoms with Crippen molar-refractivity contribution in [3.8, 4) is 5.75 Å². The first kappa shape index (κ1) is 14.3. The number of amides is 2. The maximum atomic E-state index is 11.8. The first-order valence-corrected chi connectivity index (χ1v) is 6.25. The van der Waals surface area contributed by atoms with Gasteiger partial charge in [-0.2, -0.15) is 0 Å². The van der Waals surface area contributed by atoms with Crippen LogP contribution in [0.25, 0.3) is 0 Å². The van der Waals surface area contributed by atoms with Crippen LogP contribution in [0.4, 0.5) is 16.2 Å². The summed E-state index contributed by atoms with van der Waals surface area (Å²) in [5.74, 6) is -0.129. The molecule has 2 N–H and O–H groups in total. The standard InChI is InChI=1S/C16H14N2O3/c1-2-15(19)18-13-10-6-7-11-14(13)21-16(20)17-12-8-4-3-5-9-12/h2-11H,1H2,(H,17,20)(H,18,19). The molecular weight excluding hydrogens is 268 g/mol. The van der Waals surface area contributed by atoms with E-state index in [1.165, 1.54) is 0 Å². The van der Waals surface area contributed by atoms with Gasteiger partial charge in [0.25, 0.3) is 0 Å². The molecule has 0 saturated carbocycles. The molecule has 5 nitrogen and oxygen atoms in total. The van der Waals surface area contributed by atoms with E-state index in [2.05, 4.69) is 17.2 Å². The highest BCUT2D eigenvalue weighted by Gasteiger charge is 2.10. The summed E-state index contributed by atoms with van der Waals surface area (Å²) in [5.41, 5.74) is 1.01. The van der Waals surface area contributed by atoms with Crippen molar-refractivity contribution in [1.29, 1.82) is 0 Å². The first-order valence-electron chi connectivity index (χ1n) is 6.25. The summed E-state index contributed by atoms with van der Waals surface area (Å²) in [6, 6.07) is 15.6. The van der Waals surface area contributed by atoms with Crippen LogP contribution in [0.15, 0.2) is 67.3 Å². The molecular formula is C16H14N2O3. The molecule has 2 aromatic carbocycles. The van der Waals surface area contributed by atoms with Crippen LogP contribution in [0.2, 0.25) is 0 Å². The van der Waals surface area contributed by atoms with Crippen molar-refractivity contribution in [2.75, 3.05) is 10.6 Å². The lowest BCUT2D eigenvalue weighted by Gasteiger charge is -2.11. The predicted octanol–water partition coefficient (Wildman–Crippen LogP) is 3.42. The van der Waals surface area contributed by atoms with E-state index in [-0.39, 0.29) is 11.7 Å². The zero-order valence-electron chi connectivity index (χ0n) is 11.2. The lowest BCUT2D eigenvalue weighted by Crippen LogP contribution is -2.18. The maximum absolute atomic E-state index is 11.8. The lowest BCUT2D eigenvalue weighted by molar-refractivity contribution is -0.111. The Kier molecular flexibility index (Phi) is 4.71. The molecule has 0 atom stereocenters. The maximum Gasteiger partial charge on any atom is 0.417 e. The van der Waals surface area contributed by atoms with Crippen molar-refractivity contribution in [3.05, 3.63) is 67.3 Å². The molecule has 2 aromatic rings. The Balaban J connectivity index is 2.07. The van der Waals surface area contributed by atoms with E-state index in [0.717, 1.165) is 6.08 Å². The van der Waals surface area contributed by atoms with Crippen LogP contribution in [0.5, 0.6) is 5.75 Å². The summed E-state index contributed by atoms with van der Waals surface area (Å²) in [6.45, 7) is 3.37. The number of ether oxygens (including phenoxy) is 1. The number of nitrogens with one attached hydrogen (secondary N) is 2.